The highest BCUT2D eigenvalue weighted by molar-refractivity contribution is 7.99. The van der Waals surface area contributed by atoms with E-state index in [1.165, 1.54) is 0 Å². The van der Waals surface area contributed by atoms with Crippen LogP contribution in [0, 0.1) is 0 Å². The van der Waals surface area contributed by atoms with E-state index >= 15 is 0 Å². The predicted molar refractivity (Wildman–Crippen MR) is 82.2 cm³/mol. The molecule has 116 valence electrons. The Bertz CT molecular complexity index is 326. The number of carbonyl (C=O) groups is 2. The standard InChI is InChI=1S/C14H26N2O3S/c1-3-5-7-11(13(17)18)16-14(19)15-10-8-6-9-12(10)20-4-2/h10-12H,3-9H2,1-2H3,(H,17,18)(H2,15,16,19). The lowest BCUT2D eigenvalue weighted by atomic mass is 10.1. The molecule has 1 rings (SSSR count). The molecular formula is C14H26N2O3S. The van der Waals surface area contributed by atoms with Gasteiger partial charge in [0, 0.05) is 11.3 Å². The molecule has 0 aromatic carbocycles. The van der Waals surface area contributed by atoms with Crippen LogP contribution in [0.1, 0.15) is 52.4 Å². The Balaban J connectivity index is 2.42. The Labute approximate surface area is 125 Å². The number of nitrogens with one attached hydrogen (secondary N) is 2. The van der Waals surface area contributed by atoms with Crippen LogP contribution in [0.4, 0.5) is 4.79 Å². The van der Waals surface area contributed by atoms with Gasteiger partial charge in [0.2, 0.25) is 0 Å². The molecule has 1 fully saturated rings. The van der Waals surface area contributed by atoms with Gasteiger partial charge in [0.25, 0.3) is 0 Å². The molecule has 3 unspecified atom stereocenters. The van der Waals surface area contributed by atoms with Gasteiger partial charge in [-0.25, -0.2) is 9.59 Å². The number of carboxylic acids is 1. The van der Waals surface area contributed by atoms with Crippen LogP contribution in [-0.4, -0.2) is 40.2 Å². The zero-order valence-corrected chi connectivity index (χ0v) is 13.2. The fraction of sp³-hybridized carbons (Fsp3) is 0.857. The zero-order chi connectivity index (χ0) is 15.0. The quantitative estimate of drug-likeness (QED) is 0.644. The van der Waals surface area contributed by atoms with Crippen molar-refractivity contribution in [2.75, 3.05) is 5.75 Å². The number of rotatable bonds is 8. The highest BCUT2D eigenvalue weighted by Gasteiger charge is 2.29. The van der Waals surface area contributed by atoms with E-state index in [1.807, 2.05) is 18.7 Å². The molecule has 1 aliphatic carbocycles. The number of carboxylic acid groups (broad SMARTS) is 1. The van der Waals surface area contributed by atoms with Crippen molar-refractivity contribution in [1.29, 1.82) is 0 Å². The first-order valence-corrected chi connectivity index (χ1v) is 8.54. The van der Waals surface area contributed by atoms with Crippen LogP contribution in [0.15, 0.2) is 0 Å². The molecule has 2 amide bonds. The number of aliphatic carboxylic acids is 1. The Morgan fingerprint density at radius 3 is 2.70 bits per heavy atom. The Morgan fingerprint density at radius 2 is 2.10 bits per heavy atom. The number of carbonyl (C=O) groups excluding carboxylic acids is 1. The number of amides is 2. The van der Waals surface area contributed by atoms with Crippen molar-refractivity contribution in [2.24, 2.45) is 0 Å². The van der Waals surface area contributed by atoms with Gasteiger partial charge in [0.1, 0.15) is 6.04 Å². The van der Waals surface area contributed by atoms with Crippen molar-refractivity contribution in [1.82, 2.24) is 10.6 Å². The molecule has 1 saturated carbocycles. The summed E-state index contributed by atoms with van der Waals surface area (Å²) >= 11 is 1.87. The summed E-state index contributed by atoms with van der Waals surface area (Å²) in [6, 6.07) is -0.962. The number of hydrogen-bond donors (Lipinski definition) is 3. The second-order valence-electron chi connectivity index (χ2n) is 5.18. The van der Waals surface area contributed by atoms with Crippen molar-refractivity contribution in [2.45, 2.75) is 69.7 Å². The smallest absolute Gasteiger partial charge is 0.326 e. The highest BCUT2D eigenvalue weighted by atomic mass is 32.2. The topological polar surface area (TPSA) is 78.4 Å². The molecule has 0 bridgehead atoms. The monoisotopic (exact) mass is 302 g/mol. The molecule has 0 saturated heterocycles. The number of thioether (sulfide) groups is 1. The number of unbranched alkanes of at least 4 members (excludes halogenated alkanes) is 1. The molecule has 0 aromatic rings. The molecule has 20 heavy (non-hydrogen) atoms. The summed E-state index contributed by atoms with van der Waals surface area (Å²) < 4.78 is 0. The van der Waals surface area contributed by atoms with E-state index in [2.05, 4.69) is 17.6 Å². The normalized spacial score (nSPS) is 23.3. The average molecular weight is 302 g/mol. The molecule has 6 heteroatoms. The molecule has 0 radical (unpaired) electrons. The third-order valence-electron chi connectivity index (χ3n) is 3.60. The van der Waals surface area contributed by atoms with E-state index in [9.17, 15) is 9.59 Å². The Morgan fingerprint density at radius 1 is 1.35 bits per heavy atom. The van der Waals surface area contributed by atoms with Gasteiger partial charge >= 0.3 is 12.0 Å². The molecule has 3 atom stereocenters. The minimum Gasteiger partial charge on any atom is -0.480 e. The van der Waals surface area contributed by atoms with Crippen LogP contribution < -0.4 is 10.6 Å². The van der Waals surface area contributed by atoms with E-state index in [1.54, 1.807) is 0 Å². The van der Waals surface area contributed by atoms with Gasteiger partial charge in [-0.3, -0.25) is 0 Å². The molecular weight excluding hydrogens is 276 g/mol. The van der Waals surface area contributed by atoms with E-state index in [0.717, 1.165) is 37.9 Å². The van der Waals surface area contributed by atoms with Crippen molar-refractivity contribution < 1.29 is 14.7 Å². The fourth-order valence-electron chi connectivity index (χ4n) is 2.54. The largest absolute Gasteiger partial charge is 0.480 e. The summed E-state index contributed by atoms with van der Waals surface area (Å²) in [7, 11) is 0. The maximum atomic E-state index is 11.9. The molecule has 0 spiro atoms. The molecule has 0 aliphatic heterocycles. The van der Waals surface area contributed by atoms with Gasteiger partial charge in [0.15, 0.2) is 0 Å². The van der Waals surface area contributed by atoms with Gasteiger partial charge in [-0.1, -0.05) is 33.1 Å². The van der Waals surface area contributed by atoms with Gasteiger partial charge in [-0.05, 0) is 25.0 Å². The van der Waals surface area contributed by atoms with Gasteiger partial charge in [-0.2, -0.15) is 11.8 Å². The first-order chi connectivity index (χ1) is 9.58. The number of hydrogen-bond acceptors (Lipinski definition) is 3. The molecule has 0 heterocycles. The van der Waals surface area contributed by atoms with Crippen LogP contribution >= 0.6 is 11.8 Å². The summed E-state index contributed by atoms with van der Waals surface area (Å²) in [5, 5.41) is 15.1. The van der Waals surface area contributed by atoms with Crippen LogP contribution in [0.25, 0.3) is 0 Å². The van der Waals surface area contributed by atoms with Gasteiger partial charge in [-0.15, -0.1) is 0 Å². The minimum absolute atomic E-state index is 0.167. The zero-order valence-electron chi connectivity index (χ0n) is 12.4. The molecule has 0 aromatic heterocycles. The maximum absolute atomic E-state index is 11.9. The highest BCUT2D eigenvalue weighted by Crippen LogP contribution is 2.29. The fourth-order valence-corrected chi connectivity index (χ4v) is 3.74. The number of urea groups is 1. The third-order valence-corrected chi connectivity index (χ3v) is 4.93. The molecule has 1 aliphatic rings. The van der Waals surface area contributed by atoms with Crippen molar-refractivity contribution in [3.63, 3.8) is 0 Å². The Hall–Kier alpha value is -0.910. The summed E-state index contributed by atoms with van der Waals surface area (Å²) in [6.07, 6.45) is 5.44. The van der Waals surface area contributed by atoms with Crippen LogP contribution in [-0.2, 0) is 4.79 Å². The van der Waals surface area contributed by atoms with Crippen molar-refractivity contribution >= 4 is 23.8 Å². The predicted octanol–water partition coefficient (Wildman–Crippen LogP) is 2.60. The summed E-state index contributed by atoms with van der Waals surface area (Å²) in [4.78, 5) is 23.0. The SMILES string of the molecule is CCCCC(NC(=O)NC1CCCC1SCC)C(=O)O. The first kappa shape index (κ1) is 17.1. The van der Waals surface area contributed by atoms with Gasteiger partial charge < -0.3 is 15.7 Å². The maximum Gasteiger partial charge on any atom is 0.326 e. The Kier molecular flexibility index (Phi) is 7.80. The van der Waals surface area contributed by atoms with E-state index in [4.69, 9.17) is 5.11 Å². The van der Waals surface area contributed by atoms with Crippen LogP contribution in [0.2, 0.25) is 0 Å². The lowest BCUT2D eigenvalue weighted by Gasteiger charge is -2.22. The van der Waals surface area contributed by atoms with E-state index in [0.29, 0.717) is 11.7 Å². The lowest BCUT2D eigenvalue weighted by Crippen LogP contribution is -2.50. The molecule has 5 nitrogen and oxygen atoms in total. The summed E-state index contributed by atoms with van der Waals surface area (Å²) in [6.45, 7) is 4.12. The summed E-state index contributed by atoms with van der Waals surface area (Å²) in [5.74, 6) is 0.0816. The first-order valence-electron chi connectivity index (χ1n) is 7.49. The van der Waals surface area contributed by atoms with Crippen molar-refractivity contribution in [3.05, 3.63) is 0 Å². The van der Waals surface area contributed by atoms with Crippen molar-refractivity contribution in [3.8, 4) is 0 Å². The lowest BCUT2D eigenvalue weighted by molar-refractivity contribution is -0.139. The summed E-state index contributed by atoms with van der Waals surface area (Å²) in [5.41, 5.74) is 0. The second-order valence-corrected chi connectivity index (χ2v) is 6.70. The average Bonchev–Trinajstić information content (AvgIpc) is 2.82. The van der Waals surface area contributed by atoms with Crippen LogP contribution in [0.3, 0.4) is 0 Å². The van der Waals surface area contributed by atoms with Crippen LogP contribution in [0.5, 0.6) is 0 Å². The second kappa shape index (κ2) is 9.10. The minimum atomic E-state index is -0.959. The van der Waals surface area contributed by atoms with Gasteiger partial charge in [0.05, 0.1) is 0 Å². The van der Waals surface area contributed by atoms with E-state index in [-0.39, 0.29) is 12.1 Å². The van der Waals surface area contributed by atoms with E-state index < -0.39 is 12.0 Å². The molecule has 3 N–H and O–H groups in total. The third kappa shape index (κ3) is 5.61.